The zero-order valence-electron chi connectivity index (χ0n) is 13.3. The fourth-order valence-corrected chi connectivity index (χ4v) is 3.39. The summed E-state index contributed by atoms with van der Waals surface area (Å²) in [5.41, 5.74) is 6.64. The summed E-state index contributed by atoms with van der Waals surface area (Å²) >= 11 is 0. The van der Waals surface area contributed by atoms with Gasteiger partial charge in [0.05, 0.1) is 4.90 Å². The Hall–Kier alpha value is -0.910. The first kappa shape index (κ1) is 18.1. The lowest BCUT2D eigenvalue weighted by molar-refractivity contribution is 0.443. The summed E-state index contributed by atoms with van der Waals surface area (Å²) in [6, 6.07) is 6.68. The smallest absolute Gasteiger partial charge is 0.240 e. The average molecular weight is 312 g/mol. The standard InChI is InChI=1S/C16H28N2O2S/c1-4-6-8-14(5-2)12-18-21(19,20)16-10-7-9-15(11-16)13(3)17/h7,9-11,13-14,18H,4-6,8,12,17H2,1-3H3. The van der Waals surface area contributed by atoms with Gasteiger partial charge in [-0.25, -0.2) is 13.1 Å². The van der Waals surface area contributed by atoms with Gasteiger partial charge in [0.2, 0.25) is 10.0 Å². The van der Waals surface area contributed by atoms with E-state index in [0.29, 0.717) is 17.4 Å². The number of rotatable bonds is 9. The number of benzene rings is 1. The van der Waals surface area contributed by atoms with Crippen LogP contribution in [-0.2, 0) is 10.0 Å². The Kier molecular flexibility index (Phi) is 7.35. The molecule has 0 aliphatic heterocycles. The molecule has 1 rings (SSSR count). The molecule has 0 bridgehead atoms. The van der Waals surface area contributed by atoms with E-state index in [4.69, 9.17) is 5.73 Å². The quantitative estimate of drug-likeness (QED) is 0.735. The fourth-order valence-electron chi connectivity index (χ4n) is 2.22. The monoisotopic (exact) mass is 312 g/mol. The van der Waals surface area contributed by atoms with Gasteiger partial charge in [-0.3, -0.25) is 0 Å². The summed E-state index contributed by atoms with van der Waals surface area (Å²) in [4.78, 5) is 0.294. The van der Waals surface area contributed by atoms with E-state index in [1.807, 2.05) is 13.0 Å². The van der Waals surface area contributed by atoms with Crippen molar-refractivity contribution in [2.75, 3.05) is 6.54 Å². The maximum Gasteiger partial charge on any atom is 0.240 e. The molecule has 0 aliphatic carbocycles. The topological polar surface area (TPSA) is 72.2 Å². The van der Waals surface area contributed by atoms with Crippen LogP contribution >= 0.6 is 0 Å². The Morgan fingerprint density at radius 2 is 2.00 bits per heavy atom. The minimum absolute atomic E-state index is 0.173. The molecule has 1 aromatic carbocycles. The van der Waals surface area contributed by atoms with Crippen LogP contribution in [0.25, 0.3) is 0 Å². The minimum Gasteiger partial charge on any atom is -0.324 e. The molecule has 0 radical (unpaired) electrons. The summed E-state index contributed by atoms with van der Waals surface area (Å²) in [7, 11) is -3.45. The molecule has 0 saturated carbocycles. The molecular weight excluding hydrogens is 284 g/mol. The summed E-state index contributed by atoms with van der Waals surface area (Å²) in [6.07, 6.45) is 4.33. The Bertz CT molecular complexity index is 527. The van der Waals surface area contributed by atoms with Crippen molar-refractivity contribution < 1.29 is 8.42 Å². The van der Waals surface area contributed by atoms with Crippen molar-refractivity contribution >= 4 is 10.0 Å². The van der Waals surface area contributed by atoms with Gasteiger partial charge in [-0.1, -0.05) is 45.2 Å². The second-order valence-electron chi connectivity index (χ2n) is 5.63. The van der Waals surface area contributed by atoms with E-state index in [0.717, 1.165) is 31.2 Å². The second-order valence-corrected chi connectivity index (χ2v) is 7.40. The van der Waals surface area contributed by atoms with Gasteiger partial charge < -0.3 is 5.73 Å². The SMILES string of the molecule is CCCCC(CC)CNS(=O)(=O)c1cccc(C(C)N)c1. The molecule has 1 aromatic rings. The lowest BCUT2D eigenvalue weighted by Gasteiger charge is -2.16. The molecule has 0 saturated heterocycles. The second kappa shape index (κ2) is 8.51. The van der Waals surface area contributed by atoms with Crippen LogP contribution in [0.5, 0.6) is 0 Å². The normalized spacial score (nSPS) is 14.9. The van der Waals surface area contributed by atoms with Gasteiger partial charge in [-0.05, 0) is 37.0 Å². The van der Waals surface area contributed by atoms with Crippen molar-refractivity contribution in [2.45, 2.75) is 57.4 Å². The highest BCUT2D eigenvalue weighted by Gasteiger charge is 2.17. The molecule has 2 atom stereocenters. The third-order valence-corrected chi connectivity index (χ3v) is 5.22. The molecule has 0 heterocycles. The number of sulfonamides is 1. The van der Waals surface area contributed by atoms with Crippen LogP contribution < -0.4 is 10.5 Å². The molecule has 3 N–H and O–H groups in total. The zero-order chi connectivity index (χ0) is 15.9. The van der Waals surface area contributed by atoms with Gasteiger partial charge in [0, 0.05) is 12.6 Å². The number of nitrogens with two attached hydrogens (primary N) is 1. The van der Waals surface area contributed by atoms with E-state index in [-0.39, 0.29) is 6.04 Å². The lowest BCUT2D eigenvalue weighted by atomic mass is 10.00. The van der Waals surface area contributed by atoms with E-state index < -0.39 is 10.0 Å². The van der Waals surface area contributed by atoms with Crippen LogP contribution in [-0.4, -0.2) is 15.0 Å². The van der Waals surface area contributed by atoms with Crippen LogP contribution in [0.3, 0.4) is 0 Å². The first-order chi connectivity index (χ1) is 9.90. The van der Waals surface area contributed by atoms with Gasteiger partial charge >= 0.3 is 0 Å². The molecule has 0 spiro atoms. The Balaban J connectivity index is 2.74. The third kappa shape index (κ3) is 5.77. The highest BCUT2D eigenvalue weighted by atomic mass is 32.2. The van der Waals surface area contributed by atoms with Crippen LogP contribution in [0.15, 0.2) is 29.2 Å². The third-order valence-electron chi connectivity index (χ3n) is 3.80. The van der Waals surface area contributed by atoms with Gasteiger partial charge in [0.25, 0.3) is 0 Å². The fraction of sp³-hybridized carbons (Fsp3) is 0.625. The predicted molar refractivity (Wildman–Crippen MR) is 87.5 cm³/mol. The molecule has 120 valence electrons. The number of hydrogen-bond donors (Lipinski definition) is 2. The maximum atomic E-state index is 12.3. The van der Waals surface area contributed by atoms with Crippen LogP contribution in [0, 0.1) is 5.92 Å². The molecule has 0 amide bonds. The van der Waals surface area contributed by atoms with Crippen molar-refractivity contribution in [3.05, 3.63) is 29.8 Å². The highest BCUT2D eigenvalue weighted by molar-refractivity contribution is 7.89. The molecule has 2 unspecified atom stereocenters. The Labute approximate surface area is 129 Å². The largest absolute Gasteiger partial charge is 0.324 e. The summed E-state index contributed by atoms with van der Waals surface area (Å²) in [6.45, 7) is 6.60. The van der Waals surface area contributed by atoms with Gasteiger partial charge in [-0.15, -0.1) is 0 Å². The van der Waals surface area contributed by atoms with Gasteiger partial charge in [-0.2, -0.15) is 0 Å². The summed E-state index contributed by atoms with van der Waals surface area (Å²) in [5, 5.41) is 0. The molecule has 5 heteroatoms. The van der Waals surface area contributed by atoms with Crippen LogP contribution in [0.1, 0.15) is 58.1 Å². The maximum absolute atomic E-state index is 12.3. The number of unbranched alkanes of at least 4 members (excludes halogenated alkanes) is 1. The molecular formula is C16H28N2O2S. The lowest BCUT2D eigenvalue weighted by Crippen LogP contribution is -2.29. The first-order valence-corrected chi connectivity index (χ1v) is 9.24. The van der Waals surface area contributed by atoms with E-state index in [1.165, 1.54) is 0 Å². The van der Waals surface area contributed by atoms with Crippen molar-refractivity contribution in [1.82, 2.24) is 4.72 Å². The Morgan fingerprint density at radius 3 is 2.57 bits per heavy atom. The van der Waals surface area contributed by atoms with Gasteiger partial charge in [0.1, 0.15) is 0 Å². The molecule has 21 heavy (non-hydrogen) atoms. The average Bonchev–Trinajstić information content (AvgIpc) is 2.47. The van der Waals surface area contributed by atoms with Crippen molar-refractivity contribution in [2.24, 2.45) is 11.7 Å². The van der Waals surface area contributed by atoms with E-state index >= 15 is 0 Å². The summed E-state index contributed by atoms with van der Waals surface area (Å²) in [5.74, 6) is 0.399. The van der Waals surface area contributed by atoms with Gasteiger partial charge in [0.15, 0.2) is 0 Å². The van der Waals surface area contributed by atoms with Crippen molar-refractivity contribution in [3.63, 3.8) is 0 Å². The van der Waals surface area contributed by atoms with E-state index in [2.05, 4.69) is 18.6 Å². The minimum atomic E-state index is -3.45. The predicted octanol–water partition coefficient (Wildman–Crippen LogP) is 3.20. The zero-order valence-corrected chi connectivity index (χ0v) is 14.1. The molecule has 0 fully saturated rings. The molecule has 0 aromatic heterocycles. The molecule has 4 nitrogen and oxygen atoms in total. The van der Waals surface area contributed by atoms with Crippen molar-refractivity contribution in [3.8, 4) is 0 Å². The first-order valence-electron chi connectivity index (χ1n) is 7.75. The summed E-state index contributed by atoms with van der Waals surface area (Å²) < 4.78 is 27.4. The van der Waals surface area contributed by atoms with Crippen LogP contribution in [0.4, 0.5) is 0 Å². The van der Waals surface area contributed by atoms with Crippen molar-refractivity contribution in [1.29, 1.82) is 0 Å². The Morgan fingerprint density at radius 1 is 1.29 bits per heavy atom. The number of hydrogen-bond acceptors (Lipinski definition) is 3. The van der Waals surface area contributed by atoms with E-state index in [9.17, 15) is 8.42 Å². The molecule has 0 aliphatic rings. The van der Waals surface area contributed by atoms with Crippen LogP contribution in [0.2, 0.25) is 0 Å². The van der Waals surface area contributed by atoms with E-state index in [1.54, 1.807) is 18.2 Å². The number of nitrogens with one attached hydrogen (secondary N) is 1. The highest BCUT2D eigenvalue weighted by Crippen LogP contribution is 2.17.